The number of carbonyl (C=O) groups is 1. The summed E-state index contributed by atoms with van der Waals surface area (Å²) in [4.78, 5) is 13.9. The summed E-state index contributed by atoms with van der Waals surface area (Å²) in [6, 6.07) is 3.64. The molecule has 1 aromatic carbocycles. The molecule has 2 rings (SSSR count). The number of rotatable bonds is 5. The van der Waals surface area contributed by atoms with Crippen LogP contribution in [0.2, 0.25) is 5.02 Å². The highest BCUT2D eigenvalue weighted by Crippen LogP contribution is 2.23. The molecule has 1 N–H and O–H groups in total. The van der Waals surface area contributed by atoms with Gasteiger partial charge in [-0.15, -0.1) is 0 Å². The average molecular weight is 347 g/mol. The van der Waals surface area contributed by atoms with Gasteiger partial charge in [-0.2, -0.15) is 0 Å². The number of halogens is 2. The first-order valence-electron chi connectivity index (χ1n) is 6.69. The van der Waals surface area contributed by atoms with Crippen molar-refractivity contribution in [2.45, 2.75) is 6.42 Å². The Morgan fingerprint density at radius 3 is 2.91 bits per heavy atom. The van der Waals surface area contributed by atoms with Crippen LogP contribution >= 0.6 is 11.6 Å². The van der Waals surface area contributed by atoms with Crippen LogP contribution in [0.3, 0.4) is 0 Å². The van der Waals surface area contributed by atoms with E-state index < -0.39 is 15.8 Å². The molecule has 0 radical (unpaired) electrons. The van der Waals surface area contributed by atoms with Crippen molar-refractivity contribution in [2.75, 3.05) is 19.6 Å². The fourth-order valence-electron chi connectivity index (χ4n) is 2.31. The lowest BCUT2D eigenvalue weighted by Gasteiger charge is -2.17. The normalized spacial score (nSPS) is 18.5. The highest BCUT2D eigenvalue weighted by atomic mass is 35.5. The summed E-state index contributed by atoms with van der Waals surface area (Å²) in [6.45, 7) is 4.39. The smallest absolute Gasteiger partial charge is 0.255 e. The molecule has 8 heteroatoms. The second-order valence-corrected chi connectivity index (χ2v) is 7.21. The maximum Gasteiger partial charge on any atom is 0.255 e. The zero-order valence-electron chi connectivity index (χ0n) is 11.8. The number of likely N-dealkylation sites (tertiary alicyclic amines) is 1. The summed E-state index contributed by atoms with van der Waals surface area (Å²) >= 11 is 5.89. The molecule has 0 aromatic heterocycles. The summed E-state index contributed by atoms with van der Waals surface area (Å²) in [5.74, 6) is -0.753. The van der Waals surface area contributed by atoms with Gasteiger partial charge in [0.2, 0.25) is 10.0 Å². The van der Waals surface area contributed by atoms with Gasteiger partial charge in [0.1, 0.15) is 5.82 Å². The van der Waals surface area contributed by atoms with Crippen LogP contribution in [0, 0.1) is 11.7 Å². The summed E-state index contributed by atoms with van der Waals surface area (Å²) in [6.07, 6.45) is 0.685. The van der Waals surface area contributed by atoms with E-state index in [1.54, 1.807) is 4.90 Å². The van der Waals surface area contributed by atoms with Gasteiger partial charge in [0.15, 0.2) is 0 Å². The number of nitrogens with one attached hydrogen (secondary N) is 1. The maximum absolute atomic E-state index is 13.0. The Balaban J connectivity index is 1.98. The van der Waals surface area contributed by atoms with Gasteiger partial charge in [-0.1, -0.05) is 18.2 Å². The molecule has 1 amide bonds. The lowest BCUT2D eigenvalue weighted by atomic mass is 10.1. The van der Waals surface area contributed by atoms with E-state index in [1.807, 2.05) is 0 Å². The van der Waals surface area contributed by atoms with Crippen molar-refractivity contribution in [2.24, 2.45) is 5.92 Å². The van der Waals surface area contributed by atoms with E-state index in [2.05, 4.69) is 11.3 Å². The molecular weight excluding hydrogens is 331 g/mol. The van der Waals surface area contributed by atoms with Crippen LogP contribution in [-0.2, 0) is 10.0 Å². The second kappa shape index (κ2) is 6.76. The monoisotopic (exact) mass is 346 g/mol. The summed E-state index contributed by atoms with van der Waals surface area (Å²) in [7, 11) is -3.46. The van der Waals surface area contributed by atoms with Crippen molar-refractivity contribution >= 4 is 27.5 Å². The minimum Gasteiger partial charge on any atom is -0.338 e. The zero-order valence-corrected chi connectivity index (χ0v) is 13.3. The average Bonchev–Trinajstić information content (AvgIpc) is 2.94. The molecule has 1 aliphatic heterocycles. The van der Waals surface area contributed by atoms with Gasteiger partial charge in [-0.3, -0.25) is 4.79 Å². The number of hydrogen-bond acceptors (Lipinski definition) is 3. The Morgan fingerprint density at radius 2 is 2.27 bits per heavy atom. The molecule has 0 aliphatic carbocycles. The van der Waals surface area contributed by atoms with Crippen molar-refractivity contribution in [1.82, 2.24) is 9.62 Å². The summed E-state index contributed by atoms with van der Waals surface area (Å²) < 4.78 is 38.0. The Hall–Kier alpha value is -1.44. The Bertz CT molecular complexity index is 693. The molecule has 1 aliphatic rings. The predicted molar refractivity (Wildman–Crippen MR) is 82.5 cm³/mol. The van der Waals surface area contributed by atoms with Crippen molar-refractivity contribution in [1.29, 1.82) is 0 Å². The first kappa shape index (κ1) is 16.9. The first-order chi connectivity index (χ1) is 10.3. The SMILES string of the molecule is C=CS(=O)(=O)NC[C@H]1CCN(C(=O)c2ccc(F)cc2Cl)C1. The third-order valence-corrected chi connectivity index (χ3v) is 4.85. The third kappa shape index (κ3) is 4.06. The molecule has 0 unspecified atom stereocenters. The van der Waals surface area contributed by atoms with Gasteiger partial charge in [0.25, 0.3) is 5.91 Å². The van der Waals surface area contributed by atoms with Gasteiger partial charge in [-0.25, -0.2) is 17.5 Å². The first-order valence-corrected chi connectivity index (χ1v) is 8.61. The molecule has 22 heavy (non-hydrogen) atoms. The van der Waals surface area contributed by atoms with Gasteiger partial charge in [0.05, 0.1) is 10.6 Å². The number of amides is 1. The molecule has 1 saturated heterocycles. The number of hydrogen-bond donors (Lipinski definition) is 1. The number of benzene rings is 1. The van der Waals surface area contributed by atoms with Gasteiger partial charge < -0.3 is 4.90 Å². The standard InChI is InChI=1S/C14H16ClFN2O3S/c1-2-22(20,21)17-8-10-5-6-18(9-10)14(19)12-4-3-11(16)7-13(12)15/h2-4,7,10,17H,1,5-6,8-9H2/t10-/m1/s1. The van der Waals surface area contributed by atoms with Crippen LogP contribution in [0.5, 0.6) is 0 Å². The Morgan fingerprint density at radius 1 is 1.55 bits per heavy atom. The maximum atomic E-state index is 13.0. The second-order valence-electron chi connectivity index (χ2n) is 5.09. The largest absolute Gasteiger partial charge is 0.338 e. The Kier molecular flexibility index (Phi) is 5.20. The van der Waals surface area contributed by atoms with E-state index in [0.29, 0.717) is 19.5 Å². The van der Waals surface area contributed by atoms with Crippen molar-refractivity contribution < 1.29 is 17.6 Å². The minimum absolute atomic E-state index is 0.0258. The van der Waals surface area contributed by atoms with Gasteiger partial charge in [-0.05, 0) is 30.5 Å². The summed E-state index contributed by atoms with van der Waals surface area (Å²) in [5, 5.41) is 0.921. The summed E-state index contributed by atoms with van der Waals surface area (Å²) in [5.41, 5.74) is 0.246. The van der Waals surface area contributed by atoms with Gasteiger partial charge >= 0.3 is 0 Å². The predicted octanol–water partition coefficient (Wildman–Crippen LogP) is 2.00. The molecule has 1 heterocycles. The molecule has 1 aromatic rings. The number of carbonyl (C=O) groups excluding carboxylic acids is 1. The zero-order chi connectivity index (χ0) is 16.3. The van der Waals surface area contributed by atoms with Crippen LogP contribution in [0.4, 0.5) is 4.39 Å². The van der Waals surface area contributed by atoms with E-state index in [1.165, 1.54) is 12.1 Å². The van der Waals surface area contributed by atoms with Crippen LogP contribution in [-0.4, -0.2) is 38.9 Å². The molecule has 5 nitrogen and oxygen atoms in total. The van der Waals surface area contributed by atoms with Crippen LogP contribution in [0.15, 0.2) is 30.2 Å². The molecule has 0 saturated carbocycles. The molecule has 1 fully saturated rings. The Labute approximate surface area is 133 Å². The van der Waals surface area contributed by atoms with E-state index >= 15 is 0 Å². The fraction of sp³-hybridized carbons (Fsp3) is 0.357. The lowest BCUT2D eigenvalue weighted by molar-refractivity contribution is 0.0787. The van der Waals surface area contributed by atoms with E-state index in [9.17, 15) is 17.6 Å². The highest BCUT2D eigenvalue weighted by Gasteiger charge is 2.28. The molecular formula is C14H16ClFN2O3S. The molecule has 0 spiro atoms. The van der Waals surface area contributed by atoms with Crippen molar-refractivity contribution in [3.05, 3.63) is 46.6 Å². The topological polar surface area (TPSA) is 66.5 Å². The number of sulfonamides is 1. The molecule has 0 bridgehead atoms. The van der Waals surface area contributed by atoms with Gasteiger partial charge in [0, 0.05) is 25.0 Å². The quantitative estimate of drug-likeness (QED) is 0.886. The van der Waals surface area contributed by atoms with Crippen molar-refractivity contribution in [3.8, 4) is 0 Å². The minimum atomic E-state index is -3.46. The van der Waals surface area contributed by atoms with Crippen LogP contribution < -0.4 is 4.72 Å². The lowest BCUT2D eigenvalue weighted by Crippen LogP contribution is -2.32. The van der Waals surface area contributed by atoms with E-state index in [-0.39, 0.29) is 29.0 Å². The molecule has 120 valence electrons. The van der Waals surface area contributed by atoms with Crippen LogP contribution in [0.1, 0.15) is 16.8 Å². The van der Waals surface area contributed by atoms with E-state index in [4.69, 9.17) is 11.6 Å². The number of nitrogens with zero attached hydrogens (tertiary/aromatic N) is 1. The molecule has 1 atom stereocenters. The third-order valence-electron chi connectivity index (χ3n) is 3.53. The van der Waals surface area contributed by atoms with Crippen LogP contribution in [0.25, 0.3) is 0 Å². The van der Waals surface area contributed by atoms with E-state index in [0.717, 1.165) is 11.5 Å². The fourth-order valence-corrected chi connectivity index (χ4v) is 3.14. The highest BCUT2D eigenvalue weighted by molar-refractivity contribution is 7.92. The van der Waals surface area contributed by atoms with Crippen molar-refractivity contribution in [3.63, 3.8) is 0 Å².